The summed E-state index contributed by atoms with van der Waals surface area (Å²) in [4.78, 5) is 0. The van der Waals surface area contributed by atoms with Crippen LogP contribution in [0.5, 0.6) is 0 Å². The molecule has 0 N–H and O–H groups in total. The molecule has 0 radical (unpaired) electrons. The fourth-order valence-corrected chi connectivity index (χ4v) is 12.4. The molecule has 0 aliphatic heterocycles. The van der Waals surface area contributed by atoms with E-state index in [-0.39, 0.29) is 0 Å². The topological polar surface area (TPSA) is 0 Å². The molecule has 0 aliphatic rings. The van der Waals surface area contributed by atoms with Crippen LogP contribution in [0.4, 0.5) is 0 Å². The van der Waals surface area contributed by atoms with E-state index in [9.17, 15) is 0 Å². The van der Waals surface area contributed by atoms with Gasteiger partial charge in [0.2, 0.25) is 0 Å². The zero-order valence-corrected chi connectivity index (χ0v) is 28.9. The van der Waals surface area contributed by atoms with E-state index in [0.29, 0.717) is 0 Å². The average molecular weight is 627 g/mol. The molecule has 0 saturated heterocycles. The van der Waals surface area contributed by atoms with Gasteiger partial charge in [-0.2, -0.15) is 0 Å². The molecule has 0 aliphatic carbocycles. The number of benzene rings is 5. The lowest BCUT2D eigenvalue weighted by Gasteiger charge is -2.22. The molecular formula is C44H42Si2. The maximum Gasteiger partial charge on any atom is 0.149 e. The standard InChI is InChI=1S/C44H42Si2/c1-7-23-45(24-8-2,25-9-3)29-21-39-41-31-35-17-13-15-19-37(35)33-43(41)40(22-30-46(26-10-4,27-11-5)28-12-6)44-34-38-20-16-14-18-36(38)32-42(39)44/h7-20,31-34H,1-6,23-28H2. The van der Waals surface area contributed by atoms with Gasteiger partial charge in [0.05, 0.1) is 0 Å². The van der Waals surface area contributed by atoms with Crippen molar-refractivity contribution in [3.63, 3.8) is 0 Å². The molecule has 0 amide bonds. The van der Waals surface area contributed by atoms with Gasteiger partial charge in [-0.3, -0.25) is 0 Å². The van der Waals surface area contributed by atoms with E-state index in [0.717, 1.165) is 68.9 Å². The van der Waals surface area contributed by atoms with Crippen molar-refractivity contribution in [3.8, 4) is 22.9 Å². The van der Waals surface area contributed by atoms with Crippen LogP contribution in [0.15, 0.2) is 149 Å². The Kier molecular flexibility index (Phi) is 10.2. The average Bonchev–Trinajstić information content (AvgIpc) is 3.05. The Hall–Kier alpha value is -4.87. The molecule has 46 heavy (non-hydrogen) atoms. The molecule has 0 unspecified atom stereocenters. The lowest BCUT2D eigenvalue weighted by molar-refractivity contribution is 1.40. The summed E-state index contributed by atoms with van der Waals surface area (Å²) < 4.78 is 0. The second-order valence-electron chi connectivity index (χ2n) is 12.3. The van der Waals surface area contributed by atoms with E-state index >= 15 is 0 Å². The lowest BCUT2D eigenvalue weighted by Crippen LogP contribution is -2.30. The largest absolute Gasteiger partial charge is 0.149 e. The minimum absolute atomic E-state index is 0.895. The molecule has 0 saturated carbocycles. The van der Waals surface area contributed by atoms with E-state index in [1.54, 1.807) is 0 Å². The third-order valence-electron chi connectivity index (χ3n) is 8.96. The van der Waals surface area contributed by atoms with Crippen LogP contribution in [0.1, 0.15) is 11.1 Å². The van der Waals surface area contributed by atoms with Crippen molar-refractivity contribution in [1.82, 2.24) is 0 Å². The van der Waals surface area contributed by atoms with E-state index in [1.165, 1.54) is 21.5 Å². The van der Waals surface area contributed by atoms with E-state index in [4.69, 9.17) is 0 Å². The second kappa shape index (κ2) is 14.5. The highest BCUT2D eigenvalue weighted by Gasteiger charge is 2.28. The summed E-state index contributed by atoms with van der Waals surface area (Å²) in [5, 5.41) is 9.33. The Morgan fingerprint density at radius 1 is 0.413 bits per heavy atom. The highest BCUT2D eigenvalue weighted by molar-refractivity contribution is 6.89. The first-order valence-electron chi connectivity index (χ1n) is 16.0. The molecule has 0 bridgehead atoms. The zero-order valence-electron chi connectivity index (χ0n) is 26.9. The molecule has 0 aromatic heterocycles. The van der Waals surface area contributed by atoms with Crippen LogP contribution in [0, 0.1) is 22.9 Å². The summed E-state index contributed by atoms with van der Waals surface area (Å²) in [7, 11) is -4.21. The summed E-state index contributed by atoms with van der Waals surface area (Å²) in [6, 6.07) is 31.8. The fraction of sp³-hybridized carbons (Fsp3) is 0.136. The summed E-state index contributed by atoms with van der Waals surface area (Å²) >= 11 is 0. The van der Waals surface area contributed by atoms with Crippen molar-refractivity contribution in [1.29, 1.82) is 0 Å². The van der Waals surface area contributed by atoms with Crippen molar-refractivity contribution in [2.45, 2.75) is 36.3 Å². The van der Waals surface area contributed by atoms with Crippen molar-refractivity contribution in [3.05, 3.63) is 160 Å². The Morgan fingerprint density at radius 3 is 0.870 bits per heavy atom. The van der Waals surface area contributed by atoms with Gasteiger partial charge in [0.25, 0.3) is 0 Å². The van der Waals surface area contributed by atoms with Crippen molar-refractivity contribution in [2.24, 2.45) is 0 Å². The van der Waals surface area contributed by atoms with E-state index in [1.807, 2.05) is 36.5 Å². The van der Waals surface area contributed by atoms with Gasteiger partial charge in [0, 0.05) is 11.1 Å². The molecule has 2 heteroatoms. The Balaban J connectivity index is 1.98. The van der Waals surface area contributed by atoms with E-state index in [2.05, 4.69) is 135 Å². The number of rotatable bonds is 12. The number of hydrogen-bond donors (Lipinski definition) is 0. The molecule has 0 fully saturated rings. The van der Waals surface area contributed by atoms with Gasteiger partial charge < -0.3 is 0 Å². The first-order chi connectivity index (χ1) is 22.5. The Morgan fingerprint density at radius 2 is 0.652 bits per heavy atom. The molecular weight excluding hydrogens is 585 g/mol. The smallest absolute Gasteiger partial charge is 0.125 e. The molecule has 0 heterocycles. The Bertz CT molecular complexity index is 1830. The van der Waals surface area contributed by atoms with Gasteiger partial charge in [0.15, 0.2) is 0 Å². The second-order valence-corrected chi connectivity index (χ2v) is 20.3. The van der Waals surface area contributed by atoms with E-state index < -0.39 is 16.1 Å². The highest BCUT2D eigenvalue weighted by atomic mass is 28.3. The van der Waals surface area contributed by atoms with Crippen LogP contribution in [-0.2, 0) is 0 Å². The molecule has 0 spiro atoms. The van der Waals surface area contributed by atoms with Gasteiger partial charge >= 0.3 is 0 Å². The molecule has 0 nitrogen and oxygen atoms in total. The third kappa shape index (κ3) is 6.56. The SMILES string of the molecule is C=CC[Si](C#Cc1c2cc3ccccc3cc2c(C#C[Si](CC=C)(CC=C)CC=C)c2cc3ccccc3cc12)(CC=C)CC=C. The fourth-order valence-electron chi connectivity index (χ4n) is 6.72. The van der Waals surface area contributed by atoms with Gasteiger partial charge in [-0.05, 0) is 104 Å². The van der Waals surface area contributed by atoms with Gasteiger partial charge in [-0.1, -0.05) is 96.8 Å². The van der Waals surface area contributed by atoms with Gasteiger partial charge in [-0.25, -0.2) is 0 Å². The predicted octanol–water partition coefficient (Wildman–Crippen LogP) is 12.1. The highest BCUT2D eigenvalue weighted by Crippen LogP contribution is 2.38. The molecule has 5 aromatic rings. The third-order valence-corrected chi connectivity index (χ3v) is 16.7. The minimum Gasteiger partial charge on any atom is -0.125 e. The predicted molar refractivity (Wildman–Crippen MR) is 212 cm³/mol. The quantitative estimate of drug-likeness (QED) is 0.0559. The monoisotopic (exact) mass is 626 g/mol. The molecule has 5 aromatic carbocycles. The Labute approximate surface area is 277 Å². The number of fused-ring (bicyclic) bond motifs is 4. The van der Waals surface area contributed by atoms with Crippen molar-refractivity contribution < 1.29 is 0 Å². The maximum atomic E-state index is 4.09. The lowest BCUT2D eigenvalue weighted by atomic mass is 9.89. The van der Waals surface area contributed by atoms with Crippen LogP contribution in [0.2, 0.25) is 36.3 Å². The summed E-state index contributed by atoms with van der Waals surface area (Å²) in [6.07, 6.45) is 12.1. The summed E-state index contributed by atoms with van der Waals surface area (Å²) in [5.41, 5.74) is 9.87. The first-order valence-corrected chi connectivity index (χ1v) is 21.2. The summed E-state index contributed by atoms with van der Waals surface area (Å²) in [6.45, 7) is 24.6. The van der Waals surface area contributed by atoms with Gasteiger partial charge in [-0.15, -0.1) is 50.6 Å². The maximum absolute atomic E-state index is 4.09. The van der Waals surface area contributed by atoms with Crippen molar-refractivity contribution in [2.75, 3.05) is 0 Å². The van der Waals surface area contributed by atoms with Crippen LogP contribution in [0.25, 0.3) is 43.1 Å². The molecule has 0 atom stereocenters. The van der Waals surface area contributed by atoms with Crippen LogP contribution >= 0.6 is 0 Å². The van der Waals surface area contributed by atoms with Crippen LogP contribution < -0.4 is 0 Å². The molecule has 5 rings (SSSR count). The normalized spacial score (nSPS) is 11.3. The number of hydrogen-bond acceptors (Lipinski definition) is 0. The number of allylic oxidation sites excluding steroid dienone is 6. The van der Waals surface area contributed by atoms with Crippen molar-refractivity contribution >= 4 is 59.2 Å². The van der Waals surface area contributed by atoms with Gasteiger partial charge in [0.1, 0.15) is 16.1 Å². The zero-order chi connectivity index (χ0) is 32.6. The minimum atomic E-state index is -2.11. The van der Waals surface area contributed by atoms with Crippen LogP contribution in [0.3, 0.4) is 0 Å². The van der Waals surface area contributed by atoms with Crippen LogP contribution in [-0.4, -0.2) is 16.1 Å². The first kappa shape index (κ1) is 32.5. The summed E-state index contributed by atoms with van der Waals surface area (Å²) in [5.74, 6) is 7.61. The molecule has 226 valence electrons.